The van der Waals surface area contributed by atoms with E-state index < -0.39 is 5.60 Å². The third kappa shape index (κ3) is 1.97. The van der Waals surface area contributed by atoms with Gasteiger partial charge in [-0.05, 0) is 56.9 Å². The highest BCUT2D eigenvalue weighted by Gasteiger charge is 2.46. The average Bonchev–Trinajstić information content (AvgIpc) is 3.06. The van der Waals surface area contributed by atoms with Gasteiger partial charge in [-0.2, -0.15) is 0 Å². The zero-order valence-electron chi connectivity index (χ0n) is 11.2. The smallest absolute Gasteiger partial charge is 0.161 e. The van der Waals surface area contributed by atoms with Crippen LogP contribution in [0.25, 0.3) is 0 Å². The van der Waals surface area contributed by atoms with Crippen LogP contribution in [0, 0.1) is 12.3 Å². The lowest BCUT2D eigenvalue weighted by Gasteiger charge is -2.22. The van der Waals surface area contributed by atoms with E-state index in [0.717, 1.165) is 35.8 Å². The SMILES string of the molecule is Cc1cc2c(cc1C(C)(C)O)OCC1(CC1)CO2. The maximum Gasteiger partial charge on any atom is 0.161 e. The highest BCUT2D eigenvalue weighted by molar-refractivity contribution is 5.49. The number of ether oxygens (including phenoxy) is 2. The van der Waals surface area contributed by atoms with E-state index >= 15 is 0 Å². The Bertz CT molecular complexity index is 481. The van der Waals surface area contributed by atoms with Gasteiger partial charge in [-0.15, -0.1) is 0 Å². The van der Waals surface area contributed by atoms with E-state index in [1.54, 1.807) is 13.8 Å². The van der Waals surface area contributed by atoms with Crippen molar-refractivity contribution in [3.63, 3.8) is 0 Å². The number of fused-ring (bicyclic) bond motifs is 1. The molecule has 2 aliphatic rings. The van der Waals surface area contributed by atoms with E-state index in [-0.39, 0.29) is 5.41 Å². The van der Waals surface area contributed by atoms with Gasteiger partial charge in [-0.25, -0.2) is 0 Å². The lowest BCUT2D eigenvalue weighted by atomic mass is 9.93. The molecule has 1 heterocycles. The summed E-state index contributed by atoms with van der Waals surface area (Å²) in [6.07, 6.45) is 2.39. The van der Waals surface area contributed by atoms with Crippen molar-refractivity contribution in [2.24, 2.45) is 5.41 Å². The largest absolute Gasteiger partial charge is 0.489 e. The third-order valence-electron chi connectivity index (χ3n) is 3.97. The van der Waals surface area contributed by atoms with Crippen LogP contribution in [0.5, 0.6) is 11.5 Å². The first kappa shape index (κ1) is 11.8. The second-order valence-electron chi connectivity index (χ2n) is 6.25. The predicted octanol–water partition coefficient (Wildman–Crippen LogP) is 2.77. The Morgan fingerprint density at radius 1 is 1.11 bits per heavy atom. The highest BCUT2D eigenvalue weighted by atomic mass is 16.5. The molecule has 3 nitrogen and oxygen atoms in total. The zero-order chi connectivity index (χ0) is 13.0. The molecule has 0 aromatic heterocycles. The zero-order valence-corrected chi connectivity index (χ0v) is 11.2. The number of aryl methyl sites for hydroxylation is 1. The van der Waals surface area contributed by atoms with E-state index in [1.807, 2.05) is 19.1 Å². The molecular formula is C15H20O3. The number of benzene rings is 1. The quantitative estimate of drug-likeness (QED) is 0.830. The summed E-state index contributed by atoms with van der Waals surface area (Å²) < 4.78 is 11.7. The van der Waals surface area contributed by atoms with Gasteiger partial charge >= 0.3 is 0 Å². The summed E-state index contributed by atoms with van der Waals surface area (Å²) in [5, 5.41) is 10.2. The highest BCUT2D eigenvalue weighted by Crippen LogP contribution is 2.49. The number of aliphatic hydroxyl groups is 1. The summed E-state index contributed by atoms with van der Waals surface area (Å²) in [5.41, 5.74) is 1.33. The first-order valence-corrected chi connectivity index (χ1v) is 6.53. The molecule has 1 spiro atoms. The Kier molecular flexibility index (Phi) is 2.39. The summed E-state index contributed by atoms with van der Waals surface area (Å²) in [6.45, 7) is 7.06. The minimum Gasteiger partial charge on any atom is -0.489 e. The van der Waals surface area contributed by atoms with Gasteiger partial charge in [0, 0.05) is 5.41 Å². The topological polar surface area (TPSA) is 38.7 Å². The summed E-state index contributed by atoms with van der Waals surface area (Å²) >= 11 is 0. The molecule has 1 aliphatic carbocycles. The fraction of sp³-hybridized carbons (Fsp3) is 0.600. The van der Waals surface area contributed by atoms with Crippen LogP contribution in [0.2, 0.25) is 0 Å². The van der Waals surface area contributed by atoms with Crippen molar-refractivity contribution in [2.45, 2.75) is 39.2 Å². The maximum atomic E-state index is 10.2. The number of hydrogen-bond acceptors (Lipinski definition) is 3. The molecule has 0 unspecified atom stereocenters. The molecule has 0 radical (unpaired) electrons. The van der Waals surface area contributed by atoms with Crippen LogP contribution in [0.1, 0.15) is 37.8 Å². The second kappa shape index (κ2) is 3.64. The Morgan fingerprint density at radius 2 is 1.67 bits per heavy atom. The number of hydrogen-bond donors (Lipinski definition) is 1. The fourth-order valence-corrected chi connectivity index (χ4v) is 2.52. The molecule has 3 heteroatoms. The number of rotatable bonds is 1. The van der Waals surface area contributed by atoms with Crippen LogP contribution in [0.15, 0.2) is 12.1 Å². The summed E-state index contributed by atoms with van der Waals surface area (Å²) in [7, 11) is 0. The van der Waals surface area contributed by atoms with Crippen LogP contribution in [-0.2, 0) is 5.60 Å². The van der Waals surface area contributed by atoms with Crippen molar-refractivity contribution in [3.05, 3.63) is 23.3 Å². The average molecular weight is 248 g/mol. The minimum absolute atomic E-state index is 0.252. The predicted molar refractivity (Wildman–Crippen MR) is 69.1 cm³/mol. The lowest BCUT2D eigenvalue weighted by molar-refractivity contribution is 0.0775. The third-order valence-corrected chi connectivity index (χ3v) is 3.97. The molecule has 3 rings (SSSR count). The van der Waals surface area contributed by atoms with Gasteiger partial charge in [0.05, 0.1) is 18.8 Å². The van der Waals surface area contributed by atoms with Crippen molar-refractivity contribution in [3.8, 4) is 11.5 Å². The Labute approximate surface area is 108 Å². The molecule has 18 heavy (non-hydrogen) atoms. The maximum absolute atomic E-state index is 10.2. The van der Waals surface area contributed by atoms with Crippen LogP contribution in [0.4, 0.5) is 0 Å². The molecule has 0 saturated heterocycles. The Hall–Kier alpha value is -1.22. The second-order valence-corrected chi connectivity index (χ2v) is 6.25. The van der Waals surface area contributed by atoms with Gasteiger partial charge in [-0.1, -0.05) is 0 Å². The van der Waals surface area contributed by atoms with Crippen LogP contribution >= 0.6 is 0 Å². The molecule has 1 fully saturated rings. The van der Waals surface area contributed by atoms with Gasteiger partial charge in [-0.3, -0.25) is 0 Å². The van der Waals surface area contributed by atoms with E-state index in [9.17, 15) is 5.11 Å². The summed E-state index contributed by atoms with van der Waals surface area (Å²) in [5.74, 6) is 1.57. The molecule has 1 saturated carbocycles. The van der Waals surface area contributed by atoms with Crippen molar-refractivity contribution in [2.75, 3.05) is 13.2 Å². The van der Waals surface area contributed by atoms with Crippen LogP contribution in [-0.4, -0.2) is 18.3 Å². The van der Waals surface area contributed by atoms with E-state index in [2.05, 4.69) is 0 Å². The van der Waals surface area contributed by atoms with Gasteiger partial charge in [0.15, 0.2) is 11.5 Å². The molecule has 0 amide bonds. The van der Waals surface area contributed by atoms with Gasteiger partial charge < -0.3 is 14.6 Å². The standard InChI is InChI=1S/C15H20O3/c1-10-6-12-13(7-11(10)14(2,3)16)18-9-15(4-5-15)8-17-12/h6-7,16H,4-5,8-9H2,1-3H3. The first-order chi connectivity index (χ1) is 8.40. The van der Waals surface area contributed by atoms with Crippen LogP contribution < -0.4 is 9.47 Å². The summed E-state index contributed by atoms with van der Waals surface area (Å²) in [4.78, 5) is 0. The van der Waals surface area contributed by atoms with Gasteiger partial charge in [0.2, 0.25) is 0 Å². The molecule has 0 atom stereocenters. The Morgan fingerprint density at radius 3 is 2.17 bits per heavy atom. The van der Waals surface area contributed by atoms with Crippen LogP contribution in [0.3, 0.4) is 0 Å². The molecule has 0 bridgehead atoms. The lowest BCUT2D eigenvalue weighted by Crippen LogP contribution is -2.18. The van der Waals surface area contributed by atoms with Gasteiger partial charge in [0.1, 0.15) is 0 Å². The van der Waals surface area contributed by atoms with E-state index in [0.29, 0.717) is 0 Å². The van der Waals surface area contributed by atoms with Gasteiger partial charge in [0.25, 0.3) is 0 Å². The first-order valence-electron chi connectivity index (χ1n) is 6.53. The molecule has 1 aromatic rings. The molecule has 98 valence electrons. The molecule has 1 aromatic carbocycles. The summed E-state index contributed by atoms with van der Waals surface area (Å²) in [6, 6.07) is 3.90. The monoisotopic (exact) mass is 248 g/mol. The molecule has 1 aliphatic heterocycles. The van der Waals surface area contributed by atoms with Crippen molar-refractivity contribution >= 4 is 0 Å². The van der Waals surface area contributed by atoms with E-state index in [4.69, 9.17) is 9.47 Å². The van der Waals surface area contributed by atoms with E-state index in [1.165, 1.54) is 12.8 Å². The molecule has 1 N–H and O–H groups in total. The van der Waals surface area contributed by atoms with Crippen molar-refractivity contribution < 1.29 is 14.6 Å². The minimum atomic E-state index is -0.855. The van der Waals surface area contributed by atoms with Crippen molar-refractivity contribution in [1.29, 1.82) is 0 Å². The van der Waals surface area contributed by atoms with Crippen molar-refractivity contribution in [1.82, 2.24) is 0 Å². The molecular weight excluding hydrogens is 228 g/mol. The Balaban J connectivity index is 1.98. The normalized spacial score (nSPS) is 20.7. The fourth-order valence-electron chi connectivity index (χ4n) is 2.52.